The zero-order valence-electron chi connectivity index (χ0n) is 11.0. The molecule has 3 N–H and O–H groups in total. The number of benzene rings is 2. The maximum Gasteiger partial charge on any atom is 0.245 e. The van der Waals surface area contributed by atoms with Crippen molar-refractivity contribution in [2.45, 2.75) is 6.04 Å². The highest BCUT2D eigenvalue weighted by Gasteiger charge is 2.16. The molecule has 20 heavy (non-hydrogen) atoms. The predicted molar refractivity (Wildman–Crippen MR) is 82.7 cm³/mol. The van der Waals surface area contributed by atoms with Crippen LogP contribution in [0.15, 0.2) is 53.0 Å². The highest BCUT2D eigenvalue weighted by molar-refractivity contribution is 9.10. The molecule has 5 heteroatoms. The van der Waals surface area contributed by atoms with Gasteiger partial charge in [0.25, 0.3) is 0 Å². The lowest BCUT2D eigenvalue weighted by Gasteiger charge is -2.14. The second-order valence-electron chi connectivity index (χ2n) is 4.22. The van der Waals surface area contributed by atoms with E-state index in [1.807, 2.05) is 36.4 Å². The molecule has 0 aliphatic carbocycles. The minimum atomic E-state index is -0.714. The number of rotatable bonds is 4. The van der Waals surface area contributed by atoms with Gasteiger partial charge < -0.3 is 15.8 Å². The Morgan fingerprint density at radius 2 is 1.95 bits per heavy atom. The molecule has 104 valence electrons. The molecule has 0 saturated heterocycles. The van der Waals surface area contributed by atoms with Gasteiger partial charge in [-0.1, -0.05) is 30.3 Å². The van der Waals surface area contributed by atoms with E-state index in [4.69, 9.17) is 10.5 Å². The molecule has 2 aromatic rings. The van der Waals surface area contributed by atoms with Crippen LogP contribution in [0.2, 0.25) is 0 Å². The van der Waals surface area contributed by atoms with Crippen molar-refractivity contribution >= 4 is 27.5 Å². The summed E-state index contributed by atoms with van der Waals surface area (Å²) in [7, 11) is 1.57. The molecule has 0 aliphatic heterocycles. The first-order valence-electron chi connectivity index (χ1n) is 6.06. The molecule has 0 unspecified atom stereocenters. The SMILES string of the molecule is COc1ccc(Br)c(NC(=O)[C@@H](N)c2ccccc2)c1. The second kappa shape index (κ2) is 6.54. The number of methoxy groups -OCH3 is 1. The Labute approximate surface area is 126 Å². The smallest absolute Gasteiger partial charge is 0.245 e. The number of hydrogen-bond donors (Lipinski definition) is 2. The molecule has 0 fully saturated rings. The van der Waals surface area contributed by atoms with Gasteiger partial charge in [0.05, 0.1) is 12.8 Å². The van der Waals surface area contributed by atoms with E-state index in [1.54, 1.807) is 19.2 Å². The van der Waals surface area contributed by atoms with Gasteiger partial charge in [-0.15, -0.1) is 0 Å². The first kappa shape index (κ1) is 14.6. The summed E-state index contributed by atoms with van der Waals surface area (Å²) in [6, 6.07) is 13.9. The fourth-order valence-corrected chi connectivity index (χ4v) is 2.10. The Hall–Kier alpha value is -1.85. The molecule has 0 aliphatic rings. The molecule has 1 atom stereocenters. The Bertz CT molecular complexity index is 602. The van der Waals surface area contributed by atoms with Crippen LogP contribution in [0, 0.1) is 0 Å². The lowest BCUT2D eigenvalue weighted by molar-refractivity contribution is -0.117. The van der Waals surface area contributed by atoms with Crippen LogP contribution >= 0.6 is 15.9 Å². The third-order valence-corrected chi connectivity index (χ3v) is 3.56. The summed E-state index contributed by atoms with van der Waals surface area (Å²) in [5.41, 5.74) is 7.34. The van der Waals surface area contributed by atoms with Gasteiger partial charge >= 0.3 is 0 Å². The number of amides is 1. The lowest BCUT2D eigenvalue weighted by Crippen LogP contribution is -2.27. The van der Waals surface area contributed by atoms with Crippen LogP contribution in [-0.4, -0.2) is 13.0 Å². The highest BCUT2D eigenvalue weighted by Crippen LogP contribution is 2.27. The van der Waals surface area contributed by atoms with Gasteiger partial charge in [0.15, 0.2) is 0 Å². The molecule has 2 rings (SSSR count). The van der Waals surface area contributed by atoms with Crippen LogP contribution in [0.25, 0.3) is 0 Å². The van der Waals surface area contributed by atoms with E-state index >= 15 is 0 Å². The Morgan fingerprint density at radius 3 is 2.60 bits per heavy atom. The third-order valence-electron chi connectivity index (χ3n) is 2.87. The number of nitrogens with two attached hydrogens (primary N) is 1. The maximum atomic E-state index is 12.2. The van der Waals surface area contributed by atoms with E-state index in [1.165, 1.54) is 0 Å². The molecule has 4 nitrogen and oxygen atoms in total. The number of ether oxygens (including phenoxy) is 1. The summed E-state index contributed by atoms with van der Waals surface area (Å²) in [5.74, 6) is 0.391. The molecule has 1 amide bonds. The number of carbonyl (C=O) groups excluding carboxylic acids is 1. The molecule has 0 aromatic heterocycles. The van der Waals surface area contributed by atoms with Crippen molar-refractivity contribution in [1.29, 1.82) is 0 Å². The first-order chi connectivity index (χ1) is 9.61. The van der Waals surface area contributed by atoms with Crippen molar-refractivity contribution in [3.05, 3.63) is 58.6 Å². The molecule has 0 bridgehead atoms. The standard InChI is InChI=1S/C15H15BrN2O2/c1-20-11-7-8-12(16)13(9-11)18-15(19)14(17)10-5-3-2-4-6-10/h2-9,14H,17H2,1H3,(H,18,19)/t14-/m0/s1. The first-order valence-corrected chi connectivity index (χ1v) is 6.86. The summed E-state index contributed by atoms with van der Waals surface area (Å²) >= 11 is 3.38. The number of anilines is 1. The monoisotopic (exact) mass is 334 g/mol. The Kier molecular flexibility index (Phi) is 4.76. The van der Waals surface area contributed by atoms with Crippen molar-refractivity contribution in [3.63, 3.8) is 0 Å². The molecular formula is C15H15BrN2O2. The highest BCUT2D eigenvalue weighted by atomic mass is 79.9. The minimum Gasteiger partial charge on any atom is -0.497 e. The molecule has 0 radical (unpaired) electrons. The summed E-state index contributed by atoms with van der Waals surface area (Å²) < 4.78 is 5.90. The van der Waals surface area contributed by atoms with E-state index in [-0.39, 0.29) is 5.91 Å². The number of hydrogen-bond acceptors (Lipinski definition) is 3. The van der Waals surface area contributed by atoms with Gasteiger partial charge in [-0.2, -0.15) is 0 Å². The van der Waals surface area contributed by atoms with E-state index in [0.717, 1.165) is 10.0 Å². The second-order valence-corrected chi connectivity index (χ2v) is 5.08. The van der Waals surface area contributed by atoms with Crippen molar-refractivity contribution in [1.82, 2.24) is 0 Å². The van der Waals surface area contributed by atoms with Crippen LogP contribution in [-0.2, 0) is 4.79 Å². The normalized spacial score (nSPS) is 11.8. The van der Waals surface area contributed by atoms with Crippen LogP contribution in [0.3, 0.4) is 0 Å². The summed E-state index contributed by atoms with van der Waals surface area (Å²) in [6.45, 7) is 0. The average Bonchev–Trinajstić information content (AvgIpc) is 2.49. The van der Waals surface area contributed by atoms with Crippen LogP contribution < -0.4 is 15.8 Å². The fraction of sp³-hybridized carbons (Fsp3) is 0.133. The zero-order chi connectivity index (χ0) is 14.5. The van der Waals surface area contributed by atoms with Gasteiger partial charge in [0.2, 0.25) is 5.91 Å². The zero-order valence-corrected chi connectivity index (χ0v) is 12.6. The fourth-order valence-electron chi connectivity index (χ4n) is 1.75. The molecule has 0 spiro atoms. The van der Waals surface area contributed by atoms with Crippen LogP contribution in [0.4, 0.5) is 5.69 Å². The predicted octanol–water partition coefficient (Wildman–Crippen LogP) is 3.10. The minimum absolute atomic E-state index is 0.273. The third kappa shape index (κ3) is 3.37. The van der Waals surface area contributed by atoms with E-state index in [0.29, 0.717) is 11.4 Å². The lowest BCUT2D eigenvalue weighted by atomic mass is 10.1. The van der Waals surface area contributed by atoms with E-state index in [9.17, 15) is 4.79 Å². The van der Waals surface area contributed by atoms with Crippen molar-refractivity contribution < 1.29 is 9.53 Å². The number of halogens is 1. The van der Waals surface area contributed by atoms with Crippen molar-refractivity contribution in [2.75, 3.05) is 12.4 Å². The summed E-state index contributed by atoms with van der Waals surface area (Å²) in [5, 5.41) is 2.79. The van der Waals surface area contributed by atoms with Gasteiger partial charge in [-0.05, 0) is 33.6 Å². The van der Waals surface area contributed by atoms with Gasteiger partial charge in [-0.3, -0.25) is 4.79 Å². The number of nitrogens with one attached hydrogen (secondary N) is 1. The quantitative estimate of drug-likeness (QED) is 0.902. The summed E-state index contributed by atoms with van der Waals surface area (Å²) in [6.07, 6.45) is 0. The molecule has 0 saturated carbocycles. The van der Waals surface area contributed by atoms with Crippen molar-refractivity contribution in [2.24, 2.45) is 5.73 Å². The van der Waals surface area contributed by atoms with Crippen LogP contribution in [0.5, 0.6) is 5.75 Å². The number of carbonyl (C=O) groups is 1. The Balaban J connectivity index is 2.15. The molecular weight excluding hydrogens is 320 g/mol. The van der Waals surface area contributed by atoms with Gasteiger partial charge in [-0.25, -0.2) is 0 Å². The van der Waals surface area contributed by atoms with Gasteiger partial charge in [0.1, 0.15) is 11.8 Å². The molecule has 2 aromatic carbocycles. The Morgan fingerprint density at radius 1 is 1.25 bits per heavy atom. The van der Waals surface area contributed by atoms with Gasteiger partial charge in [0, 0.05) is 10.5 Å². The average molecular weight is 335 g/mol. The maximum absolute atomic E-state index is 12.2. The van der Waals surface area contributed by atoms with Crippen LogP contribution in [0.1, 0.15) is 11.6 Å². The largest absolute Gasteiger partial charge is 0.497 e. The topological polar surface area (TPSA) is 64.3 Å². The summed E-state index contributed by atoms with van der Waals surface area (Å²) in [4.78, 5) is 12.2. The molecule has 0 heterocycles. The van der Waals surface area contributed by atoms with E-state index < -0.39 is 6.04 Å². The van der Waals surface area contributed by atoms with E-state index in [2.05, 4.69) is 21.2 Å². The van der Waals surface area contributed by atoms with Crippen molar-refractivity contribution in [3.8, 4) is 5.75 Å².